The first-order valence-electron chi connectivity index (χ1n) is 7.73. The Kier molecular flexibility index (Phi) is 5.29. The van der Waals surface area contributed by atoms with Crippen LogP contribution in [-0.2, 0) is 13.6 Å². The second-order valence-electron chi connectivity index (χ2n) is 5.73. The van der Waals surface area contributed by atoms with E-state index >= 15 is 0 Å². The van der Waals surface area contributed by atoms with E-state index in [1.54, 1.807) is 16.9 Å². The molecule has 0 saturated heterocycles. The predicted octanol–water partition coefficient (Wildman–Crippen LogP) is 3.55. The molecule has 0 spiro atoms. The first-order chi connectivity index (χ1) is 12.8. The van der Waals surface area contributed by atoms with E-state index in [-0.39, 0.29) is 22.9 Å². The number of hydrogen-bond acceptors (Lipinski definition) is 5. The van der Waals surface area contributed by atoms with Crippen molar-refractivity contribution in [1.82, 2.24) is 19.6 Å². The minimum atomic E-state index is -0.673. The lowest BCUT2D eigenvalue weighted by Crippen LogP contribution is -2.18. The van der Waals surface area contributed by atoms with E-state index in [4.69, 9.17) is 11.6 Å². The van der Waals surface area contributed by atoms with Crippen LogP contribution in [0.4, 0.5) is 11.5 Å². The number of nitro groups is 1. The summed E-state index contributed by atoms with van der Waals surface area (Å²) in [5.41, 5.74) is 0.549. The van der Waals surface area contributed by atoms with Gasteiger partial charge in [0.1, 0.15) is 5.69 Å². The molecule has 140 valence electrons. The minimum Gasteiger partial charge on any atom is -0.303 e. The number of nitrogens with one attached hydrogen (secondary N) is 1. The maximum absolute atomic E-state index is 12.6. The van der Waals surface area contributed by atoms with Gasteiger partial charge in [-0.25, -0.2) is 0 Å². The smallest absolute Gasteiger partial charge is 0.303 e. The molecule has 3 rings (SSSR count). The average molecular weight is 454 g/mol. The Labute approximate surface area is 167 Å². The molecule has 0 aliphatic rings. The monoisotopic (exact) mass is 452 g/mol. The Morgan fingerprint density at radius 3 is 2.74 bits per heavy atom. The van der Waals surface area contributed by atoms with Crippen LogP contribution in [0.5, 0.6) is 0 Å². The van der Waals surface area contributed by atoms with Crippen LogP contribution in [0.15, 0.2) is 34.9 Å². The topological polar surface area (TPSA) is 108 Å². The molecule has 0 saturated carbocycles. The molecule has 0 fully saturated rings. The third kappa shape index (κ3) is 3.86. The molecule has 27 heavy (non-hydrogen) atoms. The molecule has 0 bridgehead atoms. The molecule has 1 aromatic carbocycles. The normalized spacial score (nSPS) is 10.8. The molecule has 9 nitrogen and oxygen atoms in total. The van der Waals surface area contributed by atoms with Crippen molar-refractivity contribution in [3.8, 4) is 0 Å². The van der Waals surface area contributed by atoms with Crippen molar-refractivity contribution >= 4 is 44.9 Å². The molecule has 0 aliphatic carbocycles. The van der Waals surface area contributed by atoms with E-state index in [0.29, 0.717) is 16.0 Å². The summed E-state index contributed by atoms with van der Waals surface area (Å²) in [4.78, 5) is 23.2. The lowest BCUT2D eigenvalue weighted by molar-refractivity contribution is -0.385. The largest absolute Gasteiger partial charge is 0.322 e. The van der Waals surface area contributed by atoms with Gasteiger partial charge in [-0.3, -0.25) is 24.3 Å². The molecule has 11 heteroatoms. The Morgan fingerprint density at radius 2 is 2.07 bits per heavy atom. The molecule has 2 heterocycles. The number of amides is 1. The van der Waals surface area contributed by atoms with Crippen LogP contribution in [0.25, 0.3) is 0 Å². The second-order valence-corrected chi connectivity index (χ2v) is 6.99. The van der Waals surface area contributed by atoms with Crippen molar-refractivity contribution in [1.29, 1.82) is 0 Å². The van der Waals surface area contributed by atoms with Gasteiger partial charge >= 0.3 is 5.69 Å². The van der Waals surface area contributed by atoms with Crippen molar-refractivity contribution in [2.45, 2.75) is 13.5 Å². The van der Waals surface area contributed by atoms with Gasteiger partial charge < -0.3 is 5.32 Å². The molecule has 0 atom stereocenters. The molecule has 0 radical (unpaired) electrons. The maximum Gasteiger partial charge on any atom is 0.322 e. The number of carbonyl (C=O) groups excluding carboxylic acids is 1. The summed E-state index contributed by atoms with van der Waals surface area (Å²) in [6, 6.07) is 7.35. The maximum atomic E-state index is 12.6. The van der Waals surface area contributed by atoms with Crippen LogP contribution in [0.1, 0.15) is 21.7 Å². The second kappa shape index (κ2) is 7.49. The highest BCUT2D eigenvalue weighted by atomic mass is 79.9. The summed E-state index contributed by atoms with van der Waals surface area (Å²) in [5.74, 6) is -0.436. The highest BCUT2D eigenvalue weighted by Crippen LogP contribution is 2.26. The van der Waals surface area contributed by atoms with E-state index < -0.39 is 10.8 Å². The fourth-order valence-electron chi connectivity index (χ4n) is 2.65. The number of benzene rings is 1. The summed E-state index contributed by atoms with van der Waals surface area (Å²) in [5, 5.41) is 22.7. The number of nitrogens with zero attached hydrogens (tertiary/aromatic N) is 5. The molecule has 3 aromatic rings. The number of carbonyl (C=O) groups is 1. The minimum absolute atomic E-state index is 0.148. The zero-order valence-corrected chi connectivity index (χ0v) is 16.7. The molecule has 1 amide bonds. The SMILES string of the molecule is Cc1nn(C)c(C(=O)Nc2nn(Cc3ccccc3Cl)cc2Br)c1[N+](=O)[O-]. The predicted molar refractivity (Wildman–Crippen MR) is 103 cm³/mol. The van der Waals surface area contributed by atoms with Gasteiger partial charge in [0.05, 0.1) is 15.9 Å². The molecular formula is C16H14BrClN6O3. The van der Waals surface area contributed by atoms with Crippen molar-refractivity contribution in [3.05, 3.63) is 67.0 Å². The first-order valence-corrected chi connectivity index (χ1v) is 8.90. The third-order valence-corrected chi connectivity index (χ3v) is 4.78. The van der Waals surface area contributed by atoms with Gasteiger partial charge in [0, 0.05) is 18.3 Å². The lowest BCUT2D eigenvalue weighted by Gasteiger charge is -2.04. The number of halogens is 2. The molecule has 1 N–H and O–H groups in total. The van der Waals surface area contributed by atoms with Gasteiger partial charge in [-0.2, -0.15) is 10.2 Å². The number of hydrogen-bond donors (Lipinski definition) is 1. The Hall–Kier alpha value is -2.72. The zero-order valence-electron chi connectivity index (χ0n) is 14.3. The van der Waals surface area contributed by atoms with Crippen molar-refractivity contribution in [3.63, 3.8) is 0 Å². The van der Waals surface area contributed by atoms with Crippen LogP contribution in [0.3, 0.4) is 0 Å². The number of anilines is 1. The standard InChI is InChI=1S/C16H14BrClN6O3/c1-9-13(24(26)27)14(22(2)20-9)16(25)19-15-11(17)8-23(21-15)7-10-5-3-4-6-12(10)18/h3-6,8H,7H2,1-2H3,(H,19,21,25). The zero-order chi connectivity index (χ0) is 19.7. The van der Waals surface area contributed by atoms with E-state index in [1.165, 1.54) is 18.7 Å². The Morgan fingerprint density at radius 1 is 1.37 bits per heavy atom. The third-order valence-electron chi connectivity index (χ3n) is 3.83. The molecule has 2 aromatic heterocycles. The summed E-state index contributed by atoms with van der Waals surface area (Å²) >= 11 is 9.49. The van der Waals surface area contributed by atoms with E-state index in [0.717, 1.165) is 5.56 Å². The lowest BCUT2D eigenvalue weighted by atomic mass is 10.2. The van der Waals surface area contributed by atoms with E-state index in [2.05, 4.69) is 31.4 Å². The average Bonchev–Trinajstić information content (AvgIpc) is 3.08. The quantitative estimate of drug-likeness (QED) is 0.469. The summed E-state index contributed by atoms with van der Waals surface area (Å²) < 4.78 is 3.31. The molecule has 0 aliphatic heterocycles. The summed E-state index contributed by atoms with van der Waals surface area (Å²) in [6.07, 6.45) is 1.68. The van der Waals surface area contributed by atoms with Crippen LogP contribution in [0.2, 0.25) is 5.02 Å². The van der Waals surface area contributed by atoms with Gasteiger partial charge in [-0.1, -0.05) is 29.8 Å². The van der Waals surface area contributed by atoms with Crippen molar-refractivity contribution in [2.24, 2.45) is 7.05 Å². The van der Waals surface area contributed by atoms with Crippen LogP contribution >= 0.6 is 27.5 Å². The van der Waals surface area contributed by atoms with Gasteiger partial charge in [0.15, 0.2) is 5.82 Å². The summed E-state index contributed by atoms with van der Waals surface area (Å²) in [7, 11) is 1.47. The van der Waals surface area contributed by atoms with Gasteiger partial charge in [-0.15, -0.1) is 0 Å². The van der Waals surface area contributed by atoms with E-state index in [1.807, 2.05) is 18.2 Å². The van der Waals surface area contributed by atoms with Gasteiger partial charge in [0.2, 0.25) is 5.69 Å². The number of rotatable bonds is 5. The van der Waals surface area contributed by atoms with Gasteiger partial charge in [0.25, 0.3) is 5.91 Å². The molecule has 0 unspecified atom stereocenters. The fraction of sp³-hybridized carbons (Fsp3) is 0.188. The highest BCUT2D eigenvalue weighted by Gasteiger charge is 2.30. The Bertz CT molecular complexity index is 1040. The van der Waals surface area contributed by atoms with Crippen LogP contribution in [0, 0.1) is 17.0 Å². The van der Waals surface area contributed by atoms with Crippen LogP contribution in [-0.4, -0.2) is 30.4 Å². The highest BCUT2D eigenvalue weighted by molar-refractivity contribution is 9.10. The van der Waals surface area contributed by atoms with Crippen molar-refractivity contribution in [2.75, 3.05) is 5.32 Å². The molecular weight excluding hydrogens is 440 g/mol. The van der Waals surface area contributed by atoms with Crippen LogP contribution < -0.4 is 5.32 Å². The first kappa shape index (κ1) is 19.1. The van der Waals surface area contributed by atoms with Crippen molar-refractivity contribution < 1.29 is 9.72 Å². The Balaban J connectivity index is 1.85. The summed E-state index contributed by atoms with van der Waals surface area (Å²) in [6.45, 7) is 1.88. The number of aromatic nitrogens is 4. The van der Waals surface area contributed by atoms with Gasteiger partial charge in [-0.05, 0) is 34.5 Å². The number of aryl methyl sites for hydroxylation is 2. The fourth-order valence-corrected chi connectivity index (χ4v) is 3.26. The van der Waals surface area contributed by atoms with E-state index in [9.17, 15) is 14.9 Å².